The third-order valence-corrected chi connectivity index (χ3v) is 4.69. The van der Waals surface area contributed by atoms with Crippen LogP contribution in [0.25, 0.3) is 0 Å². The fraction of sp³-hybridized carbons (Fsp3) is 0.312. The van der Waals surface area contributed by atoms with Crippen LogP contribution in [0.2, 0.25) is 5.02 Å². The van der Waals surface area contributed by atoms with Gasteiger partial charge in [0.25, 0.3) is 0 Å². The number of halogens is 1. The molecular weight excluding hydrogens is 274 g/mol. The summed E-state index contributed by atoms with van der Waals surface area (Å²) in [6, 6.07) is 9.57. The van der Waals surface area contributed by atoms with Gasteiger partial charge in [-0.05, 0) is 42.3 Å². The predicted molar refractivity (Wildman–Crippen MR) is 77.2 cm³/mol. The molecule has 1 aliphatic carbocycles. The smallest absolute Gasteiger partial charge is 0.235 e. The summed E-state index contributed by atoms with van der Waals surface area (Å²) >= 11 is 6.08. The van der Waals surface area contributed by atoms with E-state index < -0.39 is 5.41 Å². The second kappa shape index (κ2) is 3.89. The molecule has 1 aromatic carbocycles. The standard InChI is InChI=1S/C16H14ClNO2/c1-2-10-4-6-14(20-10)12-8-16(12)11-7-9(17)3-5-13(11)18-15(16)19/h3-7,12H,2,8H2,1H3,(H,18,19). The number of benzene rings is 1. The molecule has 1 amide bonds. The van der Waals surface area contributed by atoms with Crippen molar-refractivity contribution < 1.29 is 9.21 Å². The van der Waals surface area contributed by atoms with Gasteiger partial charge < -0.3 is 9.73 Å². The van der Waals surface area contributed by atoms with Crippen molar-refractivity contribution >= 4 is 23.2 Å². The lowest BCUT2D eigenvalue weighted by molar-refractivity contribution is -0.118. The summed E-state index contributed by atoms with van der Waals surface area (Å²) in [4.78, 5) is 12.4. The lowest BCUT2D eigenvalue weighted by atomic mass is 9.94. The number of furan rings is 1. The van der Waals surface area contributed by atoms with Crippen molar-refractivity contribution in [3.63, 3.8) is 0 Å². The maximum Gasteiger partial charge on any atom is 0.235 e. The number of fused-ring (bicyclic) bond motifs is 2. The van der Waals surface area contributed by atoms with Gasteiger partial charge in [0.2, 0.25) is 5.91 Å². The molecule has 1 aliphatic heterocycles. The molecule has 1 N–H and O–H groups in total. The number of hydrogen-bond acceptors (Lipinski definition) is 2. The molecule has 2 heterocycles. The van der Waals surface area contributed by atoms with Gasteiger partial charge in [-0.25, -0.2) is 0 Å². The van der Waals surface area contributed by atoms with Gasteiger partial charge in [-0.1, -0.05) is 18.5 Å². The molecule has 2 unspecified atom stereocenters. The summed E-state index contributed by atoms with van der Waals surface area (Å²) in [6.07, 6.45) is 1.66. The molecule has 20 heavy (non-hydrogen) atoms. The van der Waals surface area contributed by atoms with Crippen molar-refractivity contribution in [3.8, 4) is 0 Å². The fourth-order valence-electron chi connectivity index (χ4n) is 3.28. The topological polar surface area (TPSA) is 42.2 Å². The molecule has 102 valence electrons. The summed E-state index contributed by atoms with van der Waals surface area (Å²) in [5.74, 6) is 2.06. The van der Waals surface area contributed by atoms with Crippen molar-refractivity contribution in [1.29, 1.82) is 0 Å². The molecule has 2 aliphatic rings. The summed E-state index contributed by atoms with van der Waals surface area (Å²) in [7, 11) is 0. The van der Waals surface area contributed by atoms with Gasteiger partial charge in [-0.3, -0.25) is 4.79 Å². The third-order valence-electron chi connectivity index (χ3n) is 4.45. The zero-order valence-electron chi connectivity index (χ0n) is 11.1. The number of carbonyl (C=O) groups excluding carboxylic acids is 1. The van der Waals surface area contributed by atoms with Crippen molar-refractivity contribution in [2.24, 2.45) is 0 Å². The quantitative estimate of drug-likeness (QED) is 0.911. The Kier molecular flexibility index (Phi) is 2.34. The third kappa shape index (κ3) is 1.44. The van der Waals surface area contributed by atoms with Gasteiger partial charge in [-0.15, -0.1) is 0 Å². The molecule has 0 bridgehead atoms. The molecule has 1 saturated carbocycles. The van der Waals surface area contributed by atoms with E-state index in [1.807, 2.05) is 24.3 Å². The molecule has 2 aromatic rings. The molecule has 2 atom stereocenters. The normalized spacial score (nSPS) is 26.7. The van der Waals surface area contributed by atoms with E-state index in [-0.39, 0.29) is 11.8 Å². The molecule has 1 fully saturated rings. The Morgan fingerprint density at radius 2 is 2.25 bits per heavy atom. The highest BCUT2D eigenvalue weighted by atomic mass is 35.5. The predicted octanol–water partition coefficient (Wildman–Crippen LogP) is 3.87. The zero-order valence-corrected chi connectivity index (χ0v) is 11.8. The Bertz CT molecular complexity index is 721. The van der Waals surface area contributed by atoms with Crippen LogP contribution in [0.15, 0.2) is 34.7 Å². The molecule has 3 nitrogen and oxygen atoms in total. The van der Waals surface area contributed by atoms with Gasteiger partial charge in [0.05, 0.1) is 5.41 Å². The Balaban J connectivity index is 1.77. The van der Waals surface area contributed by atoms with Crippen LogP contribution < -0.4 is 5.32 Å². The number of hydrogen-bond donors (Lipinski definition) is 1. The number of nitrogens with one attached hydrogen (secondary N) is 1. The van der Waals surface area contributed by atoms with Gasteiger partial charge in [-0.2, -0.15) is 0 Å². The van der Waals surface area contributed by atoms with Crippen LogP contribution in [0.5, 0.6) is 0 Å². The van der Waals surface area contributed by atoms with E-state index >= 15 is 0 Å². The molecule has 0 saturated heterocycles. The highest BCUT2D eigenvalue weighted by molar-refractivity contribution is 6.31. The van der Waals surface area contributed by atoms with Crippen molar-refractivity contribution in [2.45, 2.75) is 31.1 Å². The van der Waals surface area contributed by atoms with E-state index in [4.69, 9.17) is 16.0 Å². The van der Waals surface area contributed by atoms with Gasteiger partial charge in [0.1, 0.15) is 11.5 Å². The maximum atomic E-state index is 12.4. The number of amides is 1. The van der Waals surface area contributed by atoms with Crippen LogP contribution >= 0.6 is 11.6 Å². The Hall–Kier alpha value is -1.74. The van der Waals surface area contributed by atoms with Gasteiger partial charge in [0.15, 0.2) is 0 Å². The SMILES string of the molecule is CCc1ccc(C2CC23C(=O)Nc2ccc(Cl)cc23)o1. The average molecular weight is 288 g/mol. The molecular formula is C16H14ClNO2. The fourth-order valence-corrected chi connectivity index (χ4v) is 3.45. The second-order valence-electron chi connectivity index (χ2n) is 5.53. The number of rotatable bonds is 2. The minimum Gasteiger partial charge on any atom is -0.466 e. The minimum atomic E-state index is -0.469. The van der Waals surface area contributed by atoms with Crippen molar-refractivity contribution in [2.75, 3.05) is 5.32 Å². The lowest BCUT2D eigenvalue weighted by Crippen LogP contribution is -2.20. The van der Waals surface area contributed by atoms with E-state index in [9.17, 15) is 4.79 Å². The summed E-state index contributed by atoms with van der Waals surface area (Å²) in [6.45, 7) is 2.06. The first-order valence-corrected chi connectivity index (χ1v) is 7.23. The first kappa shape index (κ1) is 12.0. The zero-order chi connectivity index (χ0) is 13.9. The molecule has 4 heteroatoms. The van der Waals surface area contributed by atoms with Crippen LogP contribution in [-0.2, 0) is 16.6 Å². The molecule has 0 radical (unpaired) electrons. The maximum absolute atomic E-state index is 12.4. The van der Waals surface area contributed by atoms with E-state index in [2.05, 4.69) is 12.2 Å². The van der Waals surface area contributed by atoms with Crippen LogP contribution in [0, 0.1) is 0 Å². The molecule has 1 spiro atoms. The second-order valence-corrected chi connectivity index (χ2v) is 5.97. The van der Waals surface area contributed by atoms with Crippen LogP contribution in [-0.4, -0.2) is 5.91 Å². The van der Waals surface area contributed by atoms with Gasteiger partial charge >= 0.3 is 0 Å². The highest BCUT2D eigenvalue weighted by Gasteiger charge is 2.66. The molecule has 4 rings (SSSR count). The van der Waals surface area contributed by atoms with E-state index in [1.165, 1.54) is 0 Å². The van der Waals surface area contributed by atoms with Crippen molar-refractivity contribution in [3.05, 3.63) is 52.4 Å². The first-order chi connectivity index (χ1) is 9.65. The monoisotopic (exact) mass is 287 g/mol. The lowest BCUT2D eigenvalue weighted by Gasteiger charge is -2.07. The van der Waals surface area contributed by atoms with Crippen LogP contribution in [0.4, 0.5) is 5.69 Å². The Labute approximate surface area is 121 Å². The Morgan fingerprint density at radius 1 is 1.40 bits per heavy atom. The Morgan fingerprint density at radius 3 is 3.00 bits per heavy atom. The molecule has 1 aromatic heterocycles. The first-order valence-electron chi connectivity index (χ1n) is 6.85. The van der Waals surface area contributed by atoms with E-state index in [0.717, 1.165) is 35.6 Å². The van der Waals surface area contributed by atoms with Gasteiger partial charge in [0, 0.05) is 23.0 Å². The number of aryl methyl sites for hydroxylation is 1. The summed E-state index contributed by atoms with van der Waals surface area (Å²) in [5.41, 5.74) is 1.42. The number of anilines is 1. The number of carbonyl (C=O) groups is 1. The highest BCUT2D eigenvalue weighted by Crippen LogP contribution is 2.65. The van der Waals surface area contributed by atoms with Crippen molar-refractivity contribution in [1.82, 2.24) is 0 Å². The van der Waals surface area contributed by atoms with Crippen LogP contribution in [0.1, 0.15) is 36.3 Å². The van der Waals surface area contributed by atoms with E-state index in [1.54, 1.807) is 6.07 Å². The summed E-state index contributed by atoms with van der Waals surface area (Å²) in [5, 5.41) is 3.62. The average Bonchev–Trinajstić information content (AvgIpc) is 2.91. The van der Waals surface area contributed by atoms with Crippen LogP contribution in [0.3, 0.4) is 0 Å². The largest absolute Gasteiger partial charge is 0.466 e. The van der Waals surface area contributed by atoms with E-state index in [0.29, 0.717) is 5.02 Å². The summed E-state index contributed by atoms with van der Waals surface area (Å²) < 4.78 is 5.82. The minimum absolute atomic E-state index is 0.0641.